The van der Waals surface area contributed by atoms with Crippen molar-refractivity contribution in [1.82, 2.24) is 5.32 Å². The Kier molecular flexibility index (Phi) is 4.23. The second kappa shape index (κ2) is 6.43. The Morgan fingerprint density at radius 3 is 2.54 bits per heavy atom. The Balaban J connectivity index is 1.52. The number of benzene rings is 2. The Bertz CT molecular complexity index is 946. The van der Waals surface area contributed by atoms with Crippen molar-refractivity contribution < 1.29 is 17.9 Å². The van der Waals surface area contributed by atoms with Crippen molar-refractivity contribution in [3.8, 4) is 16.9 Å². The van der Waals surface area contributed by atoms with Gasteiger partial charge < -0.3 is 10.1 Å². The van der Waals surface area contributed by atoms with Crippen molar-refractivity contribution in [2.45, 2.75) is 30.3 Å². The minimum Gasteiger partial charge on any atom is -0.487 e. The Labute approximate surface area is 153 Å². The number of carbonyl (C=O) groups excluding carboxylic acids is 1. The van der Waals surface area contributed by atoms with Gasteiger partial charge in [-0.05, 0) is 36.1 Å². The van der Waals surface area contributed by atoms with Gasteiger partial charge in [-0.3, -0.25) is 4.79 Å². The lowest BCUT2D eigenvalue weighted by molar-refractivity contribution is -0.122. The van der Waals surface area contributed by atoms with E-state index in [0.717, 1.165) is 41.7 Å². The number of sulfone groups is 1. The summed E-state index contributed by atoms with van der Waals surface area (Å²) in [6, 6.07) is 12.8. The Hall–Kier alpha value is -2.34. The molecule has 2 aromatic carbocycles. The molecule has 1 atom stereocenters. The van der Waals surface area contributed by atoms with Gasteiger partial charge in [-0.1, -0.05) is 30.3 Å². The summed E-state index contributed by atoms with van der Waals surface area (Å²) in [5.41, 5.74) is 2.97. The average Bonchev–Trinajstić information content (AvgIpc) is 3.38. The van der Waals surface area contributed by atoms with E-state index >= 15 is 0 Å². The van der Waals surface area contributed by atoms with Crippen molar-refractivity contribution in [3.05, 3.63) is 48.0 Å². The van der Waals surface area contributed by atoms with Gasteiger partial charge in [-0.15, -0.1) is 0 Å². The minimum atomic E-state index is -3.21. The van der Waals surface area contributed by atoms with Gasteiger partial charge in [0.2, 0.25) is 5.91 Å². The fraction of sp³-hybridized carbons (Fsp3) is 0.350. The van der Waals surface area contributed by atoms with E-state index in [1.54, 1.807) is 24.3 Å². The van der Waals surface area contributed by atoms with Crippen molar-refractivity contribution in [2.24, 2.45) is 5.92 Å². The van der Waals surface area contributed by atoms with Crippen LogP contribution in [0.3, 0.4) is 0 Å². The highest BCUT2D eigenvalue weighted by Crippen LogP contribution is 2.39. The van der Waals surface area contributed by atoms with Crippen LogP contribution < -0.4 is 10.1 Å². The van der Waals surface area contributed by atoms with Crippen molar-refractivity contribution >= 4 is 15.7 Å². The maximum atomic E-state index is 11.8. The summed E-state index contributed by atoms with van der Waals surface area (Å²) in [5.74, 6) is 1.15. The standard InChI is InChI=1S/C20H21NO4S/c1-26(23,24)17-9-7-13(8-10-17)18-4-2-3-15-11-16(25-19(15)18)12-21-20(22)14-5-6-14/h2-4,7-10,14,16H,5-6,11-12H2,1H3,(H,21,22)/t16-/m1/s1. The number of hydrogen-bond acceptors (Lipinski definition) is 4. The molecule has 6 heteroatoms. The Morgan fingerprint density at radius 2 is 1.88 bits per heavy atom. The van der Waals surface area contributed by atoms with Gasteiger partial charge >= 0.3 is 0 Å². The topological polar surface area (TPSA) is 72.5 Å². The molecule has 0 aromatic heterocycles. The maximum absolute atomic E-state index is 11.8. The summed E-state index contributed by atoms with van der Waals surface area (Å²) in [4.78, 5) is 12.1. The number of hydrogen-bond donors (Lipinski definition) is 1. The summed E-state index contributed by atoms with van der Waals surface area (Å²) in [6.07, 6.45) is 3.88. The first-order valence-electron chi connectivity index (χ1n) is 8.78. The van der Waals surface area contributed by atoms with E-state index in [0.29, 0.717) is 11.4 Å². The molecule has 1 aliphatic heterocycles. The van der Waals surface area contributed by atoms with Gasteiger partial charge in [0.25, 0.3) is 0 Å². The molecular weight excluding hydrogens is 350 g/mol. The lowest BCUT2D eigenvalue weighted by Gasteiger charge is -2.13. The van der Waals surface area contributed by atoms with E-state index in [9.17, 15) is 13.2 Å². The van der Waals surface area contributed by atoms with Crippen LogP contribution in [-0.4, -0.2) is 33.2 Å². The molecule has 2 aliphatic rings. The number of carbonyl (C=O) groups is 1. The van der Waals surface area contributed by atoms with Crippen molar-refractivity contribution in [2.75, 3.05) is 12.8 Å². The number of rotatable bonds is 5. The van der Waals surface area contributed by atoms with Crippen LogP contribution in [0.2, 0.25) is 0 Å². The van der Waals surface area contributed by atoms with Crippen molar-refractivity contribution in [3.63, 3.8) is 0 Å². The minimum absolute atomic E-state index is 0.0656. The smallest absolute Gasteiger partial charge is 0.223 e. The second-order valence-electron chi connectivity index (χ2n) is 7.05. The summed E-state index contributed by atoms with van der Waals surface area (Å²) in [6.45, 7) is 0.510. The van der Waals surface area contributed by atoms with Crippen LogP contribution in [0.25, 0.3) is 11.1 Å². The normalized spacial score (nSPS) is 18.9. The first-order valence-corrected chi connectivity index (χ1v) is 10.7. The molecule has 1 aliphatic carbocycles. The summed E-state index contributed by atoms with van der Waals surface area (Å²) < 4.78 is 29.4. The second-order valence-corrected chi connectivity index (χ2v) is 9.07. The maximum Gasteiger partial charge on any atom is 0.223 e. The molecule has 0 bridgehead atoms. The highest BCUT2D eigenvalue weighted by Gasteiger charge is 2.31. The van der Waals surface area contributed by atoms with E-state index in [4.69, 9.17) is 4.74 Å². The van der Waals surface area contributed by atoms with Crippen LogP contribution in [-0.2, 0) is 21.1 Å². The molecule has 26 heavy (non-hydrogen) atoms. The molecule has 1 saturated carbocycles. The van der Waals surface area contributed by atoms with E-state index in [1.807, 2.05) is 18.2 Å². The van der Waals surface area contributed by atoms with E-state index in [-0.39, 0.29) is 17.9 Å². The fourth-order valence-corrected chi connectivity index (χ4v) is 3.90. The number of ether oxygens (including phenoxy) is 1. The predicted octanol–water partition coefficient (Wildman–Crippen LogP) is 2.59. The summed E-state index contributed by atoms with van der Waals surface area (Å²) >= 11 is 0. The molecule has 1 amide bonds. The van der Waals surface area contributed by atoms with Crippen LogP contribution in [0.1, 0.15) is 18.4 Å². The molecule has 0 spiro atoms. The molecule has 2 aromatic rings. The number of para-hydroxylation sites is 1. The zero-order chi connectivity index (χ0) is 18.3. The number of fused-ring (bicyclic) bond motifs is 1. The SMILES string of the molecule is CS(=O)(=O)c1ccc(-c2cccc3c2O[C@@H](CNC(=O)C2CC2)C3)cc1. The summed E-state index contributed by atoms with van der Waals surface area (Å²) in [5, 5.41) is 2.97. The van der Waals surface area contributed by atoms with E-state index < -0.39 is 9.84 Å². The molecule has 136 valence electrons. The highest BCUT2D eigenvalue weighted by atomic mass is 32.2. The zero-order valence-corrected chi connectivity index (χ0v) is 15.4. The first kappa shape index (κ1) is 17.1. The predicted molar refractivity (Wildman–Crippen MR) is 98.8 cm³/mol. The Morgan fingerprint density at radius 1 is 1.15 bits per heavy atom. The highest BCUT2D eigenvalue weighted by molar-refractivity contribution is 7.90. The third-order valence-electron chi connectivity index (χ3n) is 4.87. The first-order chi connectivity index (χ1) is 12.4. The largest absolute Gasteiger partial charge is 0.487 e. The van der Waals surface area contributed by atoms with E-state index in [2.05, 4.69) is 5.32 Å². The lowest BCUT2D eigenvalue weighted by Crippen LogP contribution is -2.35. The van der Waals surface area contributed by atoms with Crippen LogP contribution >= 0.6 is 0 Å². The van der Waals surface area contributed by atoms with Gasteiger partial charge in [0.1, 0.15) is 11.9 Å². The number of amides is 1. The van der Waals surface area contributed by atoms with Gasteiger partial charge in [0, 0.05) is 24.2 Å². The quantitative estimate of drug-likeness (QED) is 0.877. The molecule has 1 heterocycles. The molecule has 4 rings (SSSR count). The third kappa shape index (κ3) is 3.46. The molecule has 1 fully saturated rings. The lowest BCUT2D eigenvalue weighted by atomic mass is 10.0. The molecule has 1 N–H and O–H groups in total. The van der Waals surface area contributed by atoms with Crippen LogP contribution in [0.15, 0.2) is 47.4 Å². The third-order valence-corrected chi connectivity index (χ3v) is 6.00. The molecule has 5 nitrogen and oxygen atoms in total. The molecule has 0 saturated heterocycles. The molecular formula is C20H21NO4S. The molecule has 0 radical (unpaired) electrons. The summed E-state index contributed by atoms with van der Waals surface area (Å²) in [7, 11) is -3.21. The molecule has 0 unspecified atom stereocenters. The van der Waals surface area contributed by atoms with Crippen LogP contribution in [0.5, 0.6) is 5.75 Å². The zero-order valence-electron chi connectivity index (χ0n) is 14.6. The fourth-order valence-electron chi connectivity index (χ4n) is 3.27. The van der Waals surface area contributed by atoms with Crippen LogP contribution in [0, 0.1) is 5.92 Å². The van der Waals surface area contributed by atoms with Gasteiger partial charge in [-0.25, -0.2) is 8.42 Å². The number of nitrogens with one attached hydrogen (secondary N) is 1. The van der Waals surface area contributed by atoms with Gasteiger partial charge in [-0.2, -0.15) is 0 Å². The van der Waals surface area contributed by atoms with Gasteiger partial charge in [0.05, 0.1) is 11.4 Å². The van der Waals surface area contributed by atoms with Crippen LogP contribution in [0.4, 0.5) is 0 Å². The monoisotopic (exact) mass is 371 g/mol. The average molecular weight is 371 g/mol. The van der Waals surface area contributed by atoms with Gasteiger partial charge in [0.15, 0.2) is 9.84 Å². The van der Waals surface area contributed by atoms with Crippen molar-refractivity contribution in [1.29, 1.82) is 0 Å². The van der Waals surface area contributed by atoms with E-state index in [1.165, 1.54) is 6.26 Å².